The van der Waals surface area contributed by atoms with Gasteiger partial charge in [0.2, 0.25) is 11.8 Å². The Morgan fingerprint density at radius 2 is 1.76 bits per heavy atom. The van der Waals surface area contributed by atoms with E-state index in [9.17, 15) is 0 Å². The smallest absolute Gasteiger partial charge is 0.220 e. The molecule has 0 radical (unpaired) electrons. The number of ether oxygens (including phenoxy) is 2. The minimum Gasteiger partial charge on any atom is -0.481 e. The van der Waals surface area contributed by atoms with Crippen LogP contribution < -0.4 is 9.47 Å². The van der Waals surface area contributed by atoms with Crippen LogP contribution in [0, 0.1) is 6.92 Å². The molecule has 1 unspecified atom stereocenters. The summed E-state index contributed by atoms with van der Waals surface area (Å²) in [5.41, 5.74) is 2.12. The summed E-state index contributed by atoms with van der Waals surface area (Å²) >= 11 is 7.86. The summed E-state index contributed by atoms with van der Waals surface area (Å²) in [4.78, 5) is 8.88. The molecule has 0 aliphatic carbocycles. The third kappa shape index (κ3) is 3.41. The van der Waals surface area contributed by atoms with Crippen LogP contribution in [0.15, 0.2) is 24.3 Å². The average molecular weight is 325 g/mol. The molecule has 1 aromatic carbocycles. The first-order chi connectivity index (χ1) is 10.1. The van der Waals surface area contributed by atoms with Crippen molar-refractivity contribution in [2.75, 3.05) is 20.5 Å². The molecule has 0 aliphatic heterocycles. The summed E-state index contributed by atoms with van der Waals surface area (Å²) in [6.07, 6.45) is 2.01. The highest BCUT2D eigenvalue weighted by Gasteiger charge is 2.21. The van der Waals surface area contributed by atoms with E-state index in [1.165, 1.54) is 0 Å². The number of nitrogens with zero attached hydrogens (tertiary/aromatic N) is 2. The molecule has 0 spiro atoms. The minimum absolute atomic E-state index is 0.0345. The highest BCUT2D eigenvalue weighted by molar-refractivity contribution is 7.99. The van der Waals surface area contributed by atoms with Crippen molar-refractivity contribution in [1.29, 1.82) is 0 Å². The van der Waals surface area contributed by atoms with Gasteiger partial charge in [-0.1, -0.05) is 23.7 Å². The van der Waals surface area contributed by atoms with Crippen molar-refractivity contribution in [1.82, 2.24) is 9.97 Å². The van der Waals surface area contributed by atoms with Crippen molar-refractivity contribution in [3.8, 4) is 11.8 Å². The van der Waals surface area contributed by atoms with Crippen LogP contribution in [0.4, 0.5) is 0 Å². The summed E-state index contributed by atoms with van der Waals surface area (Å²) in [7, 11) is 3.15. The largest absolute Gasteiger partial charge is 0.481 e. The van der Waals surface area contributed by atoms with Gasteiger partial charge < -0.3 is 9.47 Å². The van der Waals surface area contributed by atoms with Crippen LogP contribution in [0.1, 0.15) is 22.2 Å². The van der Waals surface area contributed by atoms with Gasteiger partial charge in [-0.2, -0.15) is 9.97 Å². The van der Waals surface area contributed by atoms with Crippen LogP contribution >= 0.6 is 23.4 Å². The maximum Gasteiger partial charge on any atom is 0.220 e. The SMILES string of the molecule is COc1cc(OC)nc(C(SC)c2cccc(Cl)c2C)n1. The lowest BCUT2D eigenvalue weighted by molar-refractivity contribution is 0.368. The van der Waals surface area contributed by atoms with Crippen LogP contribution in [-0.2, 0) is 0 Å². The molecule has 1 atom stereocenters. The molecule has 6 heteroatoms. The highest BCUT2D eigenvalue weighted by atomic mass is 35.5. The fourth-order valence-electron chi connectivity index (χ4n) is 2.03. The second-order valence-electron chi connectivity index (χ2n) is 4.38. The first-order valence-corrected chi connectivity index (χ1v) is 8.02. The van der Waals surface area contributed by atoms with E-state index in [2.05, 4.69) is 9.97 Å². The lowest BCUT2D eigenvalue weighted by atomic mass is 10.0. The molecule has 21 heavy (non-hydrogen) atoms. The van der Waals surface area contributed by atoms with Gasteiger partial charge in [0, 0.05) is 5.02 Å². The maximum absolute atomic E-state index is 6.22. The Morgan fingerprint density at radius 1 is 1.14 bits per heavy atom. The van der Waals surface area contributed by atoms with Gasteiger partial charge in [0.05, 0.1) is 25.5 Å². The Balaban J connectivity index is 2.53. The third-order valence-corrected chi connectivity index (χ3v) is 4.52. The van der Waals surface area contributed by atoms with E-state index >= 15 is 0 Å². The minimum atomic E-state index is -0.0345. The molecule has 112 valence electrons. The monoisotopic (exact) mass is 324 g/mol. The van der Waals surface area contributed by atoms with Crippen molar-refractivity contribution in [3.63, 3.8) is 0 Å². The number of aromatic nitrogens is 2. The number of thioether (sulfide) groups is 1. The Kier molecular flexibility index (Phi) is 5.31. The van der Waals surface area contributed by atoms with Crippen molar-refractivity contribution >= 4 is 23.4 Å². The lowest BCUT2D eigenvalue weighted by Gasteiger charge is -2.17. The van der Waals surface area contributed by atoms with Gasteiger partial charge in [-0.25, -0.2) is 0 Å². The molecule has 4 nitrogen and oxygen atoms in total. The van der Waals surface area contributed by atoms with E-state index in [1.54, 1.807) is 32.0 Å². The Labute approximate surface area is 133 Å². The number of rotatable bonds is 5. The predicted molar refractivity (Wildman–Crippen MR) is 86.7 cm³/mol. The average Bonchev–Trinajstić information content (AvgIpc) is 2.51. The second kappa shape index (κ2) is 7.00. The second-order valence-corrected chi connectivity index (χ2v) is 5.73. The van der Waals surface area contributed by atoms with Crippen molar-refractivity contribution in [3.05, 3.63) is 46.2 Å². The zero-order valence-corrected chi connectivity index (χ0v) is 14.0. The van der Waals surface area contributed by atoms with Crippen LogP contribution in [0.3, 0.4) is 0 Å². The zero-order chi connectivity index (χ0) is 15.4. The Bertz CT molecular complexity index is 615. The molecule has 2 rings (SSSR count). The fourth-order valence-corrected chi connectivity index (χ4v) is 3.03. The summed E-state index contributed by atoms with van der Waals surface area (Å²) in [6, 6.07) is 7.51. The molecule has 2 aromatic rings. The van der Waals surface area contributed by atoms with Crippen LogP contribution in [0.5, 0.6) is 11.8 Å². The molecular weight excluding hydrogens is 308 g/mol. The van der Waals surface area contributed by atoms with Crippen molar-refractivity contribution in [2.45, 2.75) is 12.2 Å². The van der Waals surface area contributed by atoms with E-state index in [1.807, 2.05) is 31.4 Å². The van der Waals surface area contributed by atoms with Crippen molar-refractivity contribution < 1.29 is 9.47 Å². The van der Waals surface area contributed by atoms with E-state index in [0.29, 0.717) is 17.6 Å². The number of methoxy groups -OCH3 is 2. The van der Waals surface area contributed by atoms with Gasteiger partial charge in [0.1, 0.15) is 0 Å². The van der Waals surface area contributed by atoms with Gasteiger partial charge in [0.25, 0.3) is 0 Å². The summed E-state index contributed by atoms with van der Waals surface area (Å²) in [5.74, 6) is 1.61. The number of halogens is 1. The van der Waals surface area contributed by atoms with Gasteiger partial charge in [-0.15, -0.1) is 11.8 Å². The first-order valence-electron chi connectivity index (χ1n) is 6.35. The zero-order valence-electron chi connectivity index (χ0n) is 12.4. The third-order valence-electron chi connectivity index (χ3n) is 3.18. The van der Waals surface area contributed by atoms with E-state index < -0.39 is 0 Å². The van der Waals surface area contributed by atoms with Gasteiger partial charge in [-0.05, 0) is 30.4 Å². The molecule has 0 fully saturated rings. The number of hydrogen-bond acceptors (Lipinski definition) is 5. The molecule has 0 saturated carbocycles. The molecule has 0 aliphatic rings. The molecule has 0 amide bonds. The first kappa shape index (κ1) is 15.9. The molecule has 0 bridgehead atoms. The van der Waals surface area contributed by atoms with E-state index in [4.69, 9.17) is 21.1 Å². The normalized spacial score (nSPS) is 12.0. The van der Waals surface area contributed by atoms with E-state index in [-0.39, 0.29) is 5.25 Å². The summed E-state index contributed by atoms with van der Waals surface area (Å²) in [6.45, 7) is 2.00. The summed E-state index contributed by atoms with van der Waals surface area (Å²) < 4.78 is 10.4. The van der Waals surface area contributed by atoms with Gasteiger partial charge in [0.15, 0.2) is 5.82 Å². The maximum atomic E-state index is 6.22. The molecule has 1 heterocycles. The lowest BCUT2D eigenvalue weighted by Crippen LogP contribution is -2.07. The molecule has 0 saturated heterocycles. The van der Waals surface area contributed by atoms with Crippen LogP contribution in [0.2, 0.25) is 5.02 Å². The topological polar surface area (TPSA) is 44.2 Å². The Hall–Kier alpha value is -1.46. The molecular formula is C15H17ClN2O2S. The quantitative estimate of drug-likeness (QED) is 0.834. The molecule has 0 N–H and O–H groups in total. The fraction of sp³-hybridized carbons (Fsp3) is 0.333. The number of hydrogen-bond donors (Lipinski definition) is 0. The number of benzene rings is 1. The van der Waals surface area contributed by atoms with Gasteiger partial charge >= 0.3 is 0 Å². The highest BCUT2D eigenvalue weighted by Crippen LogP contribution is 2.37. The predicted octanol–water partition coefficient (Wildman–Crippen LogP) is 3.91. The standard InChI is InChI=1S/C15H17ClN2O2S/c1-9-10(6-5-7-11(9)16)14(21-4)15-17-12(19-2)8-13(18-15)20-3/h5-8,14H,1-4H3. The van der Waals surface area contributed by atoms with Crippen LogP contribution in [0.25, 0.3) is 0 Å². The van der Waals surface area contributed by atoms with Crippen molar-refractivity contribution in [2.24, 2.45) is 0 Å². The summed E-state index contributed by atoms with van der Waals surface area (Å²) in [5, 5.41) is 0.703. The van der Waals surface area contributed by atoms with E-state index in [0.717, 1.165) is 16.1 Å². The Morgan fingerprint density at radius 3 is 2.29 bits per heavy atom. The van der Waals surface area contributed by atoms with Crippen LogP contribution in [-0.4, -0.2) is 30.4 Å². The van der Waals surface area contributed by atoms with Gasteiger partial charge in [-0.3, -0.25) is 0 Å². The molecule has 1 aromatic heterocycles.